The van der Waals surface area contributed by atoms with Gasteiger partial charge in [0.15, 0.2) is 12.0 Å². The summed E-state index contributed by atoms with van der Waals surface area (Å²) in [6.07, 6.45) is 1.08. The van der Waals surface area contributed by atoms with Gasteiger partial charge in [0.25, 0.3) is 0 Å². The highest BCUT2D eigenvalue weighted by Crippen LogP contribution is 2.49. The topological polar surface area (TPSA) is 90.7 Å². The first-order valence-corrected chi connectivity index (χ1v) is 11.1. The van der Waals surface area contributed by atoms with E-state index in [2.05, 4.69) is 15.3 Å². The quantitative estimate of drug-likeness (QED) is 0.582. The second-order valence-electron chi connectivity index (χ2n) is 8.72. The average Bonchev–Trinajstić information content (AvgIpc) is 3.40. The average molecular weight is 479 g/mol. The van der Waals surface area contributed by atoms with Crippen molar-refractivity contribution in [2.45, 2.75) is 56.7 Å². The number of hydrogen-bond acceptors (Lipinski definition) is 7. The van der Waals surface area contributed by atoms with Gasteiger partial charge in [-0.05, 0) is 44.5 Å². The Bertz CT molecular complexity index is 1180. The van der Waals surface area contributed by atoms with Crippen LogP contribution in [0.15, 0.2) is 36.8 Å². The standard InChI is InChI=1S/C22H24Cl2N4O4/c1-21(2)31-15-16(32-21)20(28-8-7-12-18(25-4)26-10-27-19(12)28)30-17(15)22(3,29)11-5-6-13(23)14(24)9-11/h5-10,15-17,20,29H,1-4H3,(H,25,26,27)/t15-,16+,17-,20+,22+/m0/s1. The maximum atomic E-state index is 11.6. The van der Waals surface area contributed by atoms with Crippen molar-refractivity contribution in [1.82, 2.24) is 14.5 Å². The molecule has 1 aromatic carbocycles. The van der Waals surface area contributed by atoms with Crippen molar-refractivity contribution >= 4 is 40.1 Å². The van der Waals surface area contributed by atoms with Gasteiger partial charge < -0.3 is 29.2 Å². The monoisotopic (exact) mass is 478 g/mol. The van der Waals surface area contributed by atoms with E-state index in [1.807, 2.05) is 37.7 Å². The third kappa shape index (κ3) is 3.37. The molecule has 0 bridgehead atoms. The van der Waals surface area contributed by atoms with Crippen molar-refractivity contribution < 1.29 is 19.3 Å². The van der Waals surface area contributed by atoms with Crippen molar-refractivity contribution in [3.63, 3.8) is 0 Å². The van der Waals surface area contributed by atoms with E-state index < -0.39 is 35.9 Å². The number of aromatic nitrogens is 3. The number of rotatable bonds is 4. The van der Waals surface area contributed by atoms with E-state index in [1.54, 1.807) is 25.1 Å². The Kier molecular flexibility index (Phi) is 5.16. The van der Waals surface area contributed by atoms with Gasteiger partial charge in [-0.2, -0.15) is 0 Å². The molecule has 0 radical (unpaired) electrons. The summed E-state index contributed by atoms with van der Waals surface area (Å²) in [7, 11) is 1.81. The molecule has 4 heterocycles. The zero-order valence-electron chi connectivity index (χ0n) is 18.0. The Morgan fingerprint density at radius 3 is 2.59 bits per heavy atom. The molecule has 3 aromatic rings. The van der Waals surface area contributed by atoms with Crippen LogP contribution in [-0.2, 0) is 19.8 Å². The first-order chi connectivity index (χ1) is 15.1. The second-order valence-corrected chi connectivity index (χ2v) is 9.54. The summed E-state index contributed by atoms with van der Waals surface area (Å²) in [6.45, 7) is 5.38. The molecule has 2 aliphatic heterocycles. The predicted octanol–water partition coefficient (Wildman–Crippen LogP) is 4.11. The van der Waals surface area contributed by atoms with Gasteiger partial charge >= 0.3 is 0 Å². The van der Waals surface area contributed by atoms with Crippen LogP contribution in [0.1, 0.15) is 32.6 Å². The molecule has 2 aromatic heterocycles. The zero-order chi connectivity index (χ0) is 22.8. The molecular weight excluding hydrogens is 455 g/mol. The summed E-state index contributed by atoms with van der Waals surface area (Å²) in [4.78, 5) is 8.72. The van der Waals surface area contributed by atoms with Crippen molar-refractivity contribution in [2.75, 3.05) is 12.4 Å². The minimum absolute atomic E-state index is 0.354. The maximum Gasteiger partial charge on any atom is 0.164 e. The number of aliphatic hydroxyl groups is 1. The fraction of sp³-hybridized carbons (Fsp3) is 0.455. The van der Waals surface area contributed by atoms with Crippen LogP contribution in [0.3, 0.4) is 0 Å². The van der Waals surface area contributed by atoms with Gasteiger partial charge in [0, 0.05) is 13.2 Å². The molecule has 0 spiro atoms. The smallest absolute Gasteiger partial charge is 0.164 e. The highest BCUT2D eigenvalue weighted by molar-refractivity contribution is 6.42. The summed E-state index contributed by atoms with van der Waals surface area (Å²) < 4.78 is 20.8. The fourth-order valence-electron chi connectivity index (χ4n) is 4.60. The Labute approximate surface area is 195 Å². The second kappa shape index (κ2) is 7.55. The third-order valence-corrected chi connectivity index (χ3v) is 6.85. The Morgan fingerprint density at radius 1 is 1.12 bits per heavy atom. The third-order valence-electron chi connectivity index (χ3n) is 6.11. The van der Waals surface area contributed by atoms with Gasteiger partial charge in [-0.1, -0.05) is 29.3 Å². The van der Waals surface area contributed by atoms with Crippen molar-refractivity contribution in [2.24, 2.45) is 0 Å². The Balaban J connectivity index is 1.57. The van der Waals surface area contributed by atoms with Crippen LogP contribution < -0.4 is 5.32 Å². The van der Waals surface area contributed by atoms with E-state index >= 15 is 0 Å². The van der Waals surface area contributed by atoms with Gasteiger partial charge in [0.1, 0.15) is 41.7 Å². The minimum atomic E-state index is -1.43. The number of fused-ring (bicyclic) bond motifs is 2. The Morgan fingerprint density at radius 2 is 1.88 bits per heavy atom. The van der Waals surface area contributed by atoms with Crippen LogP contribution >= 0.6 is 23.2 Å². The number of hydrogen-bond donors (Lipinski definition) is 2. The lowest BCUT2D eigenvalue weighted by atomic mass is 9.87. The summed E-state index contributed by atoms with van der Waals surface area (Å²) >= 11 is 12.3. The number of ether oxygens (including phenoxy) is 3. The maximum absolute atomic E-state index is 11.6. The van der Waals surface area contributed by atoms with E-state index in [0.29, 0.717) is 27.1 Å². The van der Waals surface area contributed by atoms with Crippen LogP contribution in [0.4, 0.5) is 5.82 Å². The summed E-state index contributed by atoms with van der Waals surface area (Å²) in [6, 6.07) is 6.96. The molecule has 2 aliphatic rings. The van der Waals surface area contributed by atoms with E-state index in [-0.39, 0.29) is 0 Å². The van der Waals surface area contributed by atoms with Gasteiger partial charge in [0.2, 0.25) is 0 Å². The lowest BCUT2D eigenvalue weighted by Gasteiger charge is -2.34. The molecule has 0 saturated carbocycles. The van der Waals surface area contributed by atoms with Crippen molar-refractivity contribution in [3.8, 4) is 0 Å². The molecule has 32 heavy (non-hydrogen) atoms. The van der Waals surface area contributed by atoms with Crippen LogP contribution in [-0.4, -0.2) is 50.8 Å². The summed E-state index contributed by atoms with van der Waals surface area (Å²) in [5, 5.41) is 16.3. The molecule has 170 valence electrons. The molecule has 2 saturated heterocycles. The van der Waals surface area contributed by atoms with E-state index in [4.69, 9.17) is 37.4 Å². The van der Waals surface area contributed by atoms with Gasteiger partial charge in [0.05, 0.1) is 15.4 Å². The zero-order valence-corrected chi connectivity index (χ0v) is 19.6. The number of benzene rings is 1. The van der Waals surface area contributed by atoms with Crippen molar-refractivity contribution in [3.05, 3.63) is 52.4 Å². The molecule has 5 atom stereocenters. The normalized spacial score (nSPS) is 28.6. The number of anilines is 1. The van der Waals surface area contributed by atoms with Crippen LogP contribution in [0, 0.1) is 0 Å². The van der Waals surface area contributed by atoms with Gasteiger partial charge in [-0.15, -0.1) is 0 Å². The van der Waals surface area contributed by atoms with Gasteiger partial charge in [-0.25, -0.2) is 9.97 Å². The van der Waals surface area contributed by atoms with Crippen LogP contribution in [0.5, 0.6) is 0 Å². The predicted molar refractivity (Wildman–Crippen MR) is 121 cm³/mol. The number of halogens is 2. The minimum Gasteiger partial charge on any atom is -0.383 e. The molecule has 2 N–H and O–H groups in total. The van der Waals surface area contributed by atoms with Crippen LogP contribution in [0.25, 0.3) is 11.0 Å². The molecule has 10 heteroatoms. The van der Waals surface area contributed by atoms with Crippen molar-refractivity contribution in [1.29, 1.82) is 0 Å². The lowest BCUT2D eigenvalue weighted by Crippen LogP contribution is -2.45. The molecule has 2 fully saturated rings. The van der Waals surface area contributed by atoms with E-state index in [1.165, 1.54) is 6.33 Å². The largest absolute Gasteiger partial charge is 0.383 e. The molecular formula is C22H24Cl2N4O4. The lowest BCUT2D eigenvalue weighted by molar-refractivity contribution is -0.221. The first kappa shape index (κ1) is 21.9. The molecule has 0 aliphatic carbocycles. The Hall–Kier alpha value is -1.94. The highest BCUT2D eigenvalue weighted by Gasteiger charge is 2.60. The number of nitrogens with zero attached hydrogens (tertiary/aromatic N) is 3. The van der Waals surface area contributed by atoms with E-state index in [9.17, 15) is 5.11 Å². The van der Waals surface area contributed by atoms with Gasteiger partial charge in [-0.3, -0.25) is 0 Å². The highest BCUT2D eigenvalue weighted by atomic mass is 35.5. The molecule has 8 nitrogen and oxygen atoms in total. The first-order valence-electron chi connectivity index (χ1n) is 10.3. The fourth-order valence-corrected chi connectivity index (χ4v) is 4.90. The SMILES string of the molecule is CNc1ncnc2c1ccn2[C@@H]1O[C@H]([C@](C)(O)c2ccc(Cl)c(Cl)c2)[C@H]2OC(C)(C)O[C@H]21. The molecule has 5 rings (SSSR count). The molecule has 0 unspecified atom stereocenters. The van der Waals surface area contributed by atoms with Crippen LogP contribution in [0.2, 0.25) is 10.0 Å². The summed E-state index contributed by atoms with van der Waals surface area (Å²) in [5.41, 5.74) is -0.165. The summed E-state index contributed by atoms with van der Waals surface area (Å²) in [5.74, 6) is -0.121. The molecule has 0 amide bonds. The number of nitrogens with one attached hydrogen (secondary N) is 1. The van der Waals surface area contributed by atoms with E-state index in [0.717, 1.165) is 5.39 Å².